The van der Waals surface area contributed by atoms with E-state index in [0.717, 1.165) is 12.8 Å². The van der Waals surface area contributed by atoms with Crippen LogP contribution in [0.25, 0.3) is 0 Å². The van der Waals surface area contributed by atoms with Crippen molar-refractivity contribution in [3.8, 4) is 5.75 Å². The van der Waals surface area contributed by atoms with Gasteiger partial charge in [0.15, 0.2) is 0 Å². The Morgan fingerprint density at radius 2 is 1.87 bits per heavy atom. The molecule has 0 amide bonds. The van der Waals surface area contributed by atoms with Gasteiger partial charge >= 0.3 is 9.05 Å². The number of rotatable bonds is 6. The first-order chi connectivity index (χ1) is 7.14. The first-order valence-electron chi connectivity index (χ1n) is 4.97. The molecule has 0 spiro atoms. The van der Waals surface area contributed by atoms with Gasteiger partial charge in [0, 0.05) is 6.61 Å². The van der Waals surface area contributed by atoms with Gasteiger partial charge in [0.2, 0.25) is 0 Å². The molecule has 1 aromatic carbocycles. The molecule has 0 radical (unpaired) electrons. The summed E-state index contributed by atoms with van der Waals surface area (Å²) in [6, 6.07) is 8.63. The van der Waals surface area contributed by atoms with E-state index in [4.69, 9.17) is 8.85 Å². The zero-order valence-corrected chi connectivity index (χ0v) is 9.72. The molecule has 2 N–H and O–H groups in total. The number of hydrogen-bond donors (Lipinski definition) is 2. The quantitative estimate of drug-likeness (QED) is 0.569. The highest BCUT2D eigenvalue weighted by atomic mass is 28.4. The maximum absolute atomic E-state index is 9.44. The summed E-state index contributed by atoms with van der Waals surface area (Å²) in [5.41, 5.74) is 0. The third-order valence-electron chi connectivity index (χ3n) is 1.78. The molecular formula is C10H16O4Si. The van der Waals surface area contributed by atoms with E-state index in [0.29, 0.717) is 12.4 Å². The predicted octanol–water partition coefficient (Wildman–Crippen LogP) is 1.30. The largest absolute Gasteiger partial charge is 0.744 e. The first kappa shape index (κ1) is 12.2. The molecule has 0 unspecified atom stereocenters. The van der Waals surface area contributed by atoms with Gasteiger partial charge in [-0.05, 0) is 18.6 Å². The van der Waals surface area contributed by atoms with Crippen LogP contribution in [0, 0.1) is 0 Å². The van der Waals surface area contributed by atoms with Gasteiger partial charge in [0.25, 0.3) is 0 Å². The Hall–Kier alpha value is -0.883. The molecule has 84 valence electrons. The normalized spacial score (nSPS) is 11.4. The number of benzene rings is 1. The molecule has 0 aliphatic carbocycles. The van der Waals surface area contributed by atoms with Crippen LogP contribution in [-0.4, -0.2) is 25.2 Å². The second-order valence-electron chi connectivity index (χ2n) is 3.17. The number of para-hydroxylation sites is 1. The van der Waals surface area contributed by atoms with E-state index in [1.165, 1.54) is 0 Å². The van der Waals surface area contributed by atoms with Crippen LogP contribution < -0.4 is 4.43 Å². The summed E-state index contributed by atoms with van der Waals surface area (Å²) in [5.74, 6) is 0.408. The van der Waals surface area contributed by atoms with Crippen molar-refractivity contribution in [1.82, 2.24) is 0 Å². The van der Waals surface area contributed by atoms with E-state index in [1.54, 1.807) is 24.3 Å². The minimum absolute atomic E-state index is 0.308. The monoisotopic (exact) mass is 228 g/mol. The zero-order chi connectivity index (χ0) is 11.1. The molecule has 0 saturated heterocycles. The summed E-state index contributed by atoms with van der Waals surface area (Å²) in [7, 11) is -3.98. The summed E-state index contributed by atoms with van der Waals surface area (Å²) in [6.45, 7) is 2.31. The smallest absolute Gasteiger partial charge is 0.480 e. The lowest BCUT2D eigenvalue weighted by molar-refractivity contribution is 0.0715. The highest BCUT2D eigenvalue weighted by molar-refractivity contribution is 6.51. The second-order valence-corrected chi connectivity index (χ2v) is 4.76. The van der Waals surface area contributed by atoms with Crippen molar-refractivity contribution in [1.29, 1.82) is 0 Å². The summed E-state index contributed by atoms with van der Waals surface area (Å²) in [4.78, 5) is 18.9. The zero-order valence-electron chi connectivity index (χ0n) is 8.72. The van der Waals surface area contributed by atoms with Crippen molar-refractivity contribution < 1.29 is 18.4 Å². The van der Waals surface area contributed by atoms with E-state index in [-0.39, 0.29) is 0 Å². The topological polar surface area (TPSA) is 58.9 Å². The maximum Gasteiger partial charge on any atom is 0.744 e. The molecule has 0 atom stereocenters. The van der Waals surface area contributed by atoms with Gasteiger partial charge in [-0.15, -0.1) is 0 Å². The van der Waals surface area contributed by atoms with Crippen molar-refractivity contribution in [3.05, 3.63) is 30.3 Å². The van der Waals surface area contributed by atoms with Crippen LogP contribution in [0.2, 0.25) is 0 Å². The van der Waals surface area contributed by atoms with Gasteiger partial charge in [-0.2, -0.15) is 0 Å². The number of hydrogen-bond acceptors (Lipinski definition) is 4. The Kier molecular flexibility index (Phi) is 4.77. The van der Waals surface area contributed by atoms with E-state index in [9.17, 15) is 9.59 Å². The Balaban J connectivity index is 2.42. The molecule has 1 rings (SSSR count). The summed E-state index contributed by atoms with van der Waals surface area (Å²) in [5, 5.41) is 0. The molecular weight excluding hydrogens is 212 g/mol. The van der Waals surface area contributed by atoms with Gasteiger partial charge in [0.05, 0.1) is 0 Å². The summed E-state index contributed by atoms with van der Waals surface area (Å²) < 4.78 is 9.88. The van der Waals surface area contributed by atoms with Crippen molar-refractivity contribution >= 4 is 9.05 Å². The average Bonchev–Trinajstić information content (AvgIpc) is 2.18. The maximum atomic E-state index is 9.44. The fourth-order valence-corrected chi connectivity index (χ4v) is 1.93. The standard InChI is InChI=1S/C10H16O4Si/c1-2-3-9-13-15(11,12)14-10-7-5-4-6-8-10/h4-8,11-12H,2-3,9H2,1H3. The lowest BCUT2D eigenvalue weighted by Crippen LogP contribution is -2.46. The van der Waals surface area contributed by atoms with Crippen molar-refractivity contribution in [2.75, 3.05) is 6.61 Å². The molecule has 1 aromatic rings. The molecule has 0 heterocycles. The second kappa shape index (κ2) is 5.87. The SMILES string of the molecule is CCCCO[Si](O)(O)Oc1ccccc1. The van der Waals surface area contributed by atoms with Gasteiger partial charge in [-0.1, -0.05) is 31.5 Å². The number of unbranched alkanes of at least 4 members (excludes halogenated alkanes) is 1. The molecule has 0 aliphatic heterocycles. The average molecular weight is 228 g/mol. The van der Waals surface area contributed by atoms with Crippen molar-refractivity contribution in [2.45, 2.75) is 19.8 Å². The van der Waals surface area contributed by atoms with Crippen molar-refractivity contribution in [3.63, 3.8) is 0 Å². The minimum atomic E-state index is -3.98. The summed E-state index contributed by atoms with van der Waals surface area (Å²) >= 11 is 0. The van der Waals surface area contributed by atoms with Gasteiger partial charge in [-0.3, -0.25) is 0 Å². The molecule has 0 aliphatic rings. The molecule has 0 fully saturated rings. The van der Waals surface area contributed by atoms with Crippen LogP contribution in [-0.2, 0) is 4.43 Å². The Labute approximate surface area is 90.6 Å². The Bertz CT molecular complexity index is 276. The predicted molar refractivity (Wildman–Crippen MR) is 58.1 cm³/mol. The molecule has 15 heavy (non-hydrogen) atoms. The highest BCUT2D eigenvalue weighted by Crippen LogP contribution is 2.12. The molecule has 0 aromatic heterocycles. The van der Waals surface area contributed by atoms with Crippen LogP contribution in [0.3, 0.4) is 0 Å². The first-order valence-corrected chi connectivity index (χ1v) is 6.68. The third kappa shape index (κ3) is 4.94. The Morgan fingerprint density at radius 3 is 2.47 bits per heavy atom. The van der Waals surface area contributed by atoms with E-state index in [1.807, 2.05) is 13.0 Å². The van der Waals surface area contributed by atoms with Crippen LogP contribution in [0.1, 0.15) is 19.8 Å². The fraction of sp³-hybridized carbons (Fsp3) is 0.400. The minimum Gasteiger partial charge on any atom is -0.480 e. The van der Waals surface area contributed by atoms with Crippen LogP contribution >= 0.6 is 0 Å². The molecule has 4 nitrogen and oxygen atoms in total. The van der Waals surface area contributed by atoms with Gasteiger partial charge in [0.1, 0.15) is 5.75 Å². The molecule has 0 saturated carbocycles. The molecule has 0 bridgehead atoms. The van der Waals surface area contributed by atoms with E-state index >= 15 is 0 Å². The lowest BCUT2D eigenvalue weighted by Gasteiger charge is -2.17. The van der Waals surface area contributed by atoms with Crippen LogP contribution in [0.15, 0.2) is 30.3 Å². The van der Waals surface area contributed by atoms with E-state index < -0.39 is 9.05 Å². The van der Waals surface area contributed by atoms with Gasteiger partial charge < -0.3 is 18.4 Å². The van der Waals surface area contributed by atoms with Gasteiger partial charge in [-0.25, -0.2) is 0 Å². The third-order valence-corrected chi connectivity index (χ3v) is 2.86. The lowest BCUT2D eigenvalue weighted by atomic mass is 10.3. The van der Waals surface area contributed by atoms with Crippen LogP contribution in [0.5, 0.6) is 5.75 Å². The van der Waals surface area contributed by atoms with Crippen molar-refractivity contribution in [2.24, 2.45) is 0 Å². The highest BCUT2D eigenvalue weighted by Gasteiger charge is 2.38. The Morgan fingerprint density at radius 1 is 1.20 bits per heavy atom. The van der Waals surface area contributed by atoms with Crippen LogP contribution in [0.4, 0.5) is 0 Å². The molecule has 5 heteroatoms. The summed E-state index contributed by atoms with van der Waals surface area (Å²) in [6.07, 6.45) is 1.73. The van der Waals surface area contributed by atoms with E-state index in [2.05, 4.69) is 0 Å². The fourth-order valence-electron chi connectivity index (χ4n) is 1.02.